The van der Waals surface area contributed by atoms with Gasteiger partial charge in [0.15, 0.2) is 17.4 Å². The highest BCUT2D eigenvalue weighted by molar-refractivity contribution is 5.74. The second-order valence-electron chi connectivity index (χ2n) is 6.75. The minimum Gasteiger partial charge on any atom is -0.484 e. The number of rotatable bonds is 3. The molecule has 0 atom stereocenters. The number of alkyl carbamates (subject to hydrolysis) is 1. The number of carbonyl (C=O) groups excluding carboxylic acids is 2. The summed E-state index contributed by atoms with van der Waals surface area (Å²) in [6.07, 6.45) is -1.42. The fraction of sp³-hybridized carbons (Fsp3) is 0.500. The smallest absolute Gasteiger partial charge is 0.410 e. The van der Waals surface area contributed by atoms with Gasteiger partial charge in [-0.15, -0.1) is 0 Å². The van der Waals surface area contributed by atoms with Crippen molar-refractivity contribution in [2.24, 2.45) is 0 Å². The van der Waals surface area contributed by atoms with Gasteiger partial charge in [0.2, 0.25) is 0 Å². The average molecular weight is 372 g/mol. The Morgan fingerprint density at radius 2 is 1.85 bits per heavy atom. The molecule has 10 heteroatoms. The Labute approximate surface area is 146 Å². The second kappa shape index (κ2) is 5.96. The maximum Gasteiger partial charge on any atom is 0.410 e. The molecule has 1 spiro atoms. The van der Waals surface area contributed by atoms with Crippen molar-refractivity contribution in [1.29, 1.82) is 0 Å². The van der Waals surface area contributed by atoms with Crippen molar-refractivity contribution < 1.29 is 37.0 Å². The van der Waals surface area contributed by atoms with E-state index in [0.717, 1.165) is 0 Å². The Morgan fingerprint density at radius 1 is 1.19 bits per heavy atom. The lowest BCUT2D eigenvalue weighted by Gasteiger charge is -2.46. The first-order valence-electron chi connectivity index (χ1n) is 8.05. The van der Waals surface area contributed by atoms with Gasteiger partial charge in [0.25, 0.3) is 0 Å². The molecule has 1 saturated carbocycles. The molecule has 0 unspecified atom stereocenters. The van der Waals surface area contributed by atoms with E-state index in [-0.39, 0.29) is 19.4 Å². The van der Waals surface area contributed by atoms with E-state index in [2.05, 4.69) is 5.32 Å². The van der Waals surface area contributed by atoms with Gasteiger partial charge >= 0.3 is 12.2 Å². The Balaban J connectivity index is 1.22. The highest BCUT2D eigenvalue weighted by atomic mass is 19.1. The number of halogens is 3. The first-order chi connectivity index (χ1) is 12.3. The first-order valence-corrected chi connectivity index (χ1v) is 8.05. The lowest BCUT2D eigenvalue weighted by molar-refractivity contribution is -0.0517. The van der Waals surface area contributed by atoms with Crippen LogP contribution in [0.5, 0.6) is 5.75 Å². The molecule has 3 fully saturated rings. The van der Waals surface area contributed by atoms with E-state index in [1.54, 1.807) is 0 Å². The zero-order chi connectivity index (χ0) is 18.5. The number of nitrogens with one attached hydrogen (secondary N) is 1. The predicted molar refractivity (Wildman–Crippen MR) is 79.0 cm³/mol. The molecule has 0 aromatic heterocycles. The molecule has 140 valence electrons. The predicted octanol–water partition coefficient (Wildman–Crippen LogP) is 1.94. The van der Waals surface area contributed by atoms with Gasteiger partial charge in [-0.25, -0.2) is 22.8 Å². The summed E-state index contributed by atoms with van der Waals surface area (Å²) >= 11 is 0. The van der Waals surface area contributed by atoms with Gasteiger partial charge < -0.3 is 24.4 Å². The summed E-state index contributed by atoms with van der Waals surface area (Å²) in [6.45, 7) is 0.816. The van der Waals surface area contributed by atoms with E-state index in [4.69, 9.17) is 14.2 Å². The molecule has 26 heavy (non-hydrogen) atoms. The summed E-state index contributed by atoms with van der Waals surface area (Å²) in [5.41, 5.74) is -0.529. The topological polar surface area (TPSA) is 77.1 Å². The molecule has 1 aliphatic carbocycles. The van der Waals surface area contributed by atoms with E-state index in [0.29, 0.717) is 25.2 Å². The highest BCUT2D eigenvalue weighted by Crippen LogP contribution is 2.33. The van der Waals surface area contributed by atoms with Gasteiger partial charge in [-0.3, -0.25) is 0 Å². The van der Waals surface area contributed by atoms with Crippen LogP contribution in [0.3, 0.4) is 0 Å². The first kappa shape index (κ1) is 16.8. The van der Waals surface area contributed by atoms with Crippen LogP contribution in [0.15, 0.2) is 12.1 Å². The van der Waals surface area contributed by atoms with Crippen LogP contribution < -0.4 is 10.1 Å². The quantitative estimate of drug-likeness (QED) is 0.878. The normalized spacial score (nSPS) is 25.8. The molecule has 1 N–H and O–H groups in total. The molecule has 7 nitrogen and oxygen atoms in total. The monoisotopic (exact) mass is 372 g/mol. The largest absolute Gasteiger partial charge is 0.484 e. The Morgan fingerprint density at radius 3 is 2.42 bits per heavy atom. The maximum atomic E-state index is 13.5. The zero-order valence-electron chi connectivity index (χ0n) is 13.5. The van der Waals surface area contributed by atoms with Gasteiger partial charge in [-0.2, -0.15) is 0 Å². The van der Waals surface area contributed by atoms with Crippen LogP contribution in [0.2, 0.25) is 0 Å². The third-order valence-corrected chi connectivity index (χ3v) is 4.66. The van der Waals surface area contributed by atoms with Crippen LogP contribution in [0, 0.1) is 17.5 Å². The molecule has 0 radical (unpaired) electrons. The maximum absolute atomic E-state index is 13.5. The number of hydrogen-bond donors (Lipinski definition) is 1. The SMILES string of the molecule is O=C1NC2(CO1)CN(C(=O)O[C@H]1C[C@H](Oc3c(F)cc(F)cc3F)C1)C2. The standard InChI is InChI=1S/C16H15F3N2O5/c17-8-1-11(18)13(12(19)2-8)25-9-3-10(4-9)26-15(23)21-5-16(6-21)7-24-14(22)20-16/h1-2,9-10H,3-7H2,(H,20,22)/t9-,10-. The number of hydrogen-bond acceptors (Lipinski definition) is 5. The molecule has 3 aliphatic rings. The fourth-order valence-electron chi connectivity index (χ4n) is 3.21. The van der Waals surface area contributed by atoms with Gasteiger partial charge in [0.05, 0.1) is 13.1 Å². The minimum atomic E-state index is -1.12. The molecule has 1 aromatic carbocycles. The van der Waals surface area contributed by atoms with Gasteiger partial charge in [0.1, 0.15) is 30.2 Å². The van der Waals surface area contributed by atoms with E-state index < -0.39 is 53.1 Å². The van der Waals surface area contributed by atoms with Crippen LogP contribution in [0.25, 0.3) is 0 Å². The summed E-state index contributed by atoms with van der Waals surface area (Å²) in [5.74, 6) is -3.89. The van der Waals surface area contributed by atoms with E-state index in [1.165, 1.54) is 4.90 Å². The Kier molecular flexibility index (Phi) is 3.85. The molecular weight excluding hydrogens is 357 g/mol. The summed E-state index contributed by atoms with van der Waals surface area (Å²) in [6, 6.07) is 1.08. The fourth-order valence-corrected chi connectivity index (χ4v) is 3.21. The average Bonchev–Trinajstić information content (AvgIpc) is 2.88. The minimum absolute atomic E-state index is 0.212. The summed E-state index contributed by atoms with van der Waals surface area (Å²) in [7, 11) is 0. The summed E-state index contributed by atoms with van der Waals surface area (Å²) in [5, 5.41) is 2.65. The van der Waals surface area contributed by atoms with Crippen LogP contribution in [0.4, 0.5) is 22.8 Å². The molecule has 4 rings (SSSR count). The van der Waals surface area contributed by atoms with Crippen molar-refractivity contribution in [1.82, 2.24) is 10.2 Å². The number of carbonyl (C=O) groups is 2. The van der Waals surface area contributed by atoms with Crippen LogP contribution in [-0.2, 0) is 9.47 Å². The molecule has 2 amide bonds. The Hall–Kier alpha value is -2.65. The zero-order valence-corrected chi connectivity index (χ0v) is 13.5. The van der Waals surface area contributed by atoms with Gasteiger partial charge in [0, 0.05) is 25.0 Å². The van der Waals surface area contributed by atoms with E-state index in [1.807, 2.05) is 0 Å². The van der Waals surface area contributed by atoms with Crippen molar-refractivity contribution >= 4 is 12.2 Å². The van der Waals surface area contributed by atoms with Crippen LogP contribution >= 0.6 is 0 Å². The second-order valence-corrected chi connectivity index (χ2v) is 6.75. The third-order valence-electron chi connectivity index (χ3n) is 4.66. The third kappa shape index (κ3) is 2.99. The van der Waals surface area contributed by atoms with Crippen molar-refractivity contribution in [3.05, 3.63) is 29.6 Å². The highest BCUT2D eigenvalue weighted by Gasteiger charge is 2.52. The van der Waals surface area contributed by atoms with E-state index in [9.17, 15) is 22.8 Å². The lowest BCUT2D eigenvalue weighted by Crippen LogP contribution is -2.70. The van der Waals surface area contributed by atoms with E-state index >= 15 is 0 Å². The molecule has 2 saturated heterocycles. The number of ether oxygens (including phenoxy) is 3. The van der Waals surface area contributed by atoms with Crippen molar-refractivity contribution in [2.45, 2.75) is 30.6 Å². The summed E-state index contributed by atoms with van der Waals surface area (Å²) in [4.78, 5) is 24.5. The lowest BCUT2D eigenvalue weighted by atomic mass is 9.91. The number of likely N-dealkylation sites (tertiary alicyclic amines) is 1. The molecule has 2 heterocycles. The number of nitrogens with zero attached hydrogens (tertiary/aromatic N) is 1. The number of amides is 2. The van der Waals surface area contributed by atoms with Gasteiger partial charge in [-0.1, -0.05) is 0 Å². The molecule has 0 bridgehead atoms. The molecule has 2 aliphatic heterocycles. The molecular formula is C16H15F3N2O5. The van der Waals surface area contributed by atoms with Crippen LogP contribution in [-0.4, -0.2) is 54.5 Å². The van der Waals surface area contributed by atoms with Crippen LogP contribution in [0.1, 0.15) is 12.8 Å². The Bertz CT molecular complexity index is 739. The molecule has 1 aromatic rings. The number of benzene rings is 1. The van der Waals surface area contributed by atoms with Crippen molar-refractivity contribution in [3.63, 3.8) is 0 Å². The van der Waals surface area contributed by atoms with Crippen molar-refractivity contribution in [2.75, 3.05) is 19.7 Å². The summed E-state index contributed by atoms with van der Waals surface area (Å²) < 4.78 is 55.2. The number of cyclic esters (lactones) is 1. The van der Waals surface area contributed by atoms with Crippen molar-refractivity contribution in [3.8, 4) is 5.75 Å². The van der Waals surface area contributed by atoms with Gasteiger partial charge in [-0.05, 0) is 0 Å².